The van der Waals surface area contributed by atoms with Crippen molar-refractivity contribution in [2.45, 2.75) is 96.9 Å². The highest BCUT2D eigenvalue weighted by molar-refractivity contribution is 7.55. The van der Waals surface area contributed by atoms with Gasteiger partial charge in [0.25, 0.3) is 7.52 Å². The van der Waals surface area contributed by atoms with Crippen LogP contribution in [-0.4, -0.2) is 54.8 Å². The molecule has 0 aromatic heterocycles. The highest BCUT2D eigenvalue weighted by Gasteiger charge is 2.24. The Morgan fingerprint density at radius 1 is 0.914 bits per heavy atom. The van der Waals surface area contributed by atoms with Gasteiger partial charge in [-0.2, -0.15) is 0 Å². The minimum atomic E-state index is -3.07. The van der Waals surface area contributed by atoms with E-state index in [1.165, 1.54) is 76.4 Å². The number of ether oxygens (including phenoxy) is 1. The van der Waals surface area contributed by atoms with E-state index in [0.717, 1.165) is 36.7 Å². The third-order valence-corrected chi connectivity index (χ3v) is 8.82. The maximum atomic E-state index is 12.3. The first-order valence-electron chi connectivity index (χ1n) is 14.0. The number of quaternary nitrogens is 1. The van der Waals surface area contributed by atoms with Crippen LogP contribution in [0.3, 0.4) is 0 Å². The molecule has 0 radical (unpaired) electrons. The van der Waals surface area contributed by atoms with Crippen molar-refractivity contribution < 1.29 is 23.5 Å². The number of esters is 1. The molecule has 35 heavy (non-hydrogen) atoms. The molecule has 1 fully saturated rings. The van der Waals surface area contributed by atoms with Crippen LogP contribution in [0.25, 0.3) is 0 Å². The maximum absolute atomic E-state index is 12.3. The summed E-state index contributed by atoms with van der Waals surface area (Å²) in [4.78, 5) is 21.8. The Bertz CT molecular complexity index is 763. The Hall–Kier alpha value is -1.20. The summed E-state index contributed by atoms with van der Waals surface area (Å²) in [5.74, 6) is -0.207. The topological polar surface area (TPSA) is 75.6 Å². The highest BCUT2D eigenvalue weighted by Crippen LogP contribution is 2.33. The lowest BCUT2D eigenvalue weighted by atomic mass is 10.1. The summed E-state index contributed by atoms with van der Waals surface area (Å²) in [6.45, 7) is 6.41. The molecule has 1 aliphatic rings. The summed E-state index contributed by atoms with van der Waals surface area (Å²) in [5, 5.41) is 2.76. The lowest BCUT2D eigenvalue weighted by Gasteiger charge is -2.37. The first-order chi connectivity index (χ1) is 16.8. The van der Waals surface area contributed by atoms with Crippen LogP contribution in [-0.2, 0) is 15.8 Å². The average Bonchev–Trinajstić information content (AvgIpc) is 2.84. The van der Waals surface area contributed by atoms with E-state index in [2.05, 4.69) is 24.3 Å². The Kier molecular flexibility index (Phi) is 14.2. The van der Waals surface area contributed by atoms with E-state index in [1.54, 1.807) is 6.92 Å². The second kappa shape index (κ2) is 16.5. The van der Waals surface area contributed by atoms with E-state index in [4.69, 9.17) is 4.74 Å². The molecule has 0 aliphatic carbocycles. The third-order valence-electron chi connectivity index (χ3n) is 7.24. The molecule has 2 N–H and O–H groups in total. The zero-order chi connectivity index (χ0) is 25.4. The average molecular weight is 510 g/mol. The number of benzene rings is 1. The van der Waals surface area contributed by atoms with Crippen LogP contribution in [0.2, 0.25) is 0 Å². The summed E-state index contributed by atoms with van der Waals surface area (Å²) in [6.07, 6.45) is 15.8. The first kappa shape index (κ1) is 30.0. The number of carbonyl (C=O) groups is 1. The van der Waals surface area contributed by atoms with Crippen LogP contribution >= 0.6 is 7.52 Å². The van der Waals surface area contributed by atoms with E-state index in [1.807, 2.05) is 12.1 Å². The standard InChI is InChI=1S/C28H49N2O4P/c1-3-35(32,33)29-21-13-10-8-6-4-5-7-9-11-16-24-34-28(31)27-19-17-26(18-20-27)25-30(2)22-14-12-15-23-30/h17-20H,3-16,21-25H2,1-2H3,(H-,29,32,33)/p+1. The van der Waals surface area contributed by atoms with Gasteiger partial charge in [-0.15, -0.1) is 0 Å². The summed E-state index contributed by atoms with van der Waals surface area (Å²) in [7, 11) is -0.723. The van der Waals surface area contributed by atoms with Gasteiger partial charge in [-0.3, -0.25) is 4.57 Å². The van der Waals surface area contributed by atoms with E-state index in [9.17, 15) is 14.3 Å². The molecular formula is C28H50N2O4P+. The lowest BCUT2D eigenvalue weighted by molar-refractivity contribution is -0.926. The van der Waals surface area contributed by atoms with Gasteiger partial charge >= 0.3 is 5.97 Å². The molecule has 1 aromatic rings. The SMILES string of the molecule is CCP(=O)(O)NCCCCCCCCCCCCOC(=O)c1ccc(C[N+]2(C)CCCCC2)cc1. The molecule has 1 unspecified atom stereocenters. The van der Waals surface area contributed by atoms with Crippen LogP contribution in [0.4, 0.5) is 0 Å². The quantitative estimate of drug-likeness (QED) is 0.100. The summed E-state index contributed by atoms with van der Waals surface area (Å²) < 4.78 is 18.1. The number of hydrogen-bond donors (Lipinski definition) is 2. The van der Waals surface area contributed by atoms with E-state index in [-0.39, 0.29) is 5.97 Å². The van der Waals surface area contributed by atoms with Gasteiger partial charge in [0.05, 0.1) is 32.3 Å². The van der Waals surface area contributed by atoms with Crippen molar-refractivity contribution in [3.8, 4) is 0 Å². The molecule has 0 amide bonds. The molecule has 1 aromatic carbocycles. The van der Waals surface area contributed by atoms with E-state index < -0.39 is 7.52 Å². The highest BCUT2D eigenvalue weighted by atomic mass is 31.2. The van der Waals surface area contributed by atoms with Crippen LogP contribution in [0.15, 0.2) is 24.3 Å². The summed E-state index contributed by atoms with van der Waals surface area (Å²) >= 11 is 0. The molecule has 0 spiro atoms. The number of likely N-dealkylation sites (tertiary alicyclic amines) is 1. The summed E-state index contributed by atoms with van der Waals surface area (Å²) in [6, 6.07) is 8.01. The molecule has 1 heterocycles. The number of hydrogen-bond acceptors (Lipinski definition) is 3. The van der Waals surface area contributed by atoms with E-state index >= 15 is 0 Å². The number of nitrogens with one attached hydrogen (secondary N) is 1. The van der Waals surface area contributed by atoms with Gasteiger partial charge in [-0.25, -0.2) is 9.88 Å². The number of piperidine rings is 1. The zero-order valence-corrected chi connectivity index (χ0v) is 23.2. The number of unbranched alkanes of at least 4 members (excludes halogenated alkanes) is 9. The molecule has 7 heteroatoms. The van der Waals surface area contributed by atoms with Crippen LogP contribution in [0, 0.1) is 0 Å². The van der Waals surface area contributed by atoms with Crippen molar-refractivity contribution in [2.75, 3.05) is 39.5 Å². The Balaban J connectivity index is 1.43. The summed E-state index contributed by atoms with van der Waals surface area (Å²) in [5.41, 5.74) is 1.95. The minimum Gasteiger partial charge on any atom is -0.462 e. The molecule has 1 aliphatic heterocycles. The normalized spacial score (nSPS) is 17.1. The van der Waals surface area contributed by atoms with Gasteiger partial charge in [0.15, 0.2) is 0 Å². The Labute approximate surface area is 213 Å². The van der Waals surface area contributed by atoms with E-state index in [0.29, 0.717) is 24.9 Å². The molecule has 0 saturated carbocycles. The molecule has 0 bridgehead atoms. The number of nitrogens with zero attached hydrogens (tertiary/aromatic N) is 1. The van der Waals surface area contributed by atoms with Crippen molar-refractivity contribution in [1.82, 2.24) is 5.09 Å². The van der Waals surface area contributed by atoms with Gasteiger partial charge in [-0.05, 0) is 44.2 Å². The Morgan fingerprint density at radius 3 is 2.03 bits per heavy atom. The second-order valence-corrected chi connectivity index (χ2v) is 12.9. The molecule has 6 nitrogen and oxygen atoms in total. The fourth-order valence-corrected chi connectivity index (χ4v) is 5.61. The minimum absolute atomic E-state index is 0.207. The van der Waals surface area contributed by atoms with Gasteiger partial charge in [-0.1, -0.05) is 70.4 Å². The van der Waals surface area contributed by atoms with Crippen LogP contribution in [0.5, 0.6) is 0 Å². The third kappa shape index (κ3) is 13.1. The van der Waals surface area contributed by atoms with Gasteiger partial charge in [0.2, 0.25) is 0 Å². The molecular weight excluding hydrogens is 459 g/mol. The molecule has 1 atom stereocenters. The van der Waals surface area contributed by atoms with Crippen molar-refractivity contribution in [1.29, 1.82) is 0 Å². The van der Waals surface area contributed by atoms with Gasteiger partial charge in [0.1, 0.15) is 6.54 Å². The maximum Gasteiger partial charge on any atom is 0.338 e. The van der Waals surface area contributed by atoms with Crippen LogP contribution < -0.4 is 5.09 Å². The largest absolute Gasteiger partial charge is 0.462 e. The molecule has 1 saturated heterocycles. The molecule has 200 valence electrons. The number of carbonyl (C=O) groups excluding carboxylic acids is 1. The lowest BCUT2D eigenvalue weighted by Crippen LogP contribution is -2.46. The van der Waals surface area contributed by atoms with Gasteiger partial charge in [0, 0.05) is 18.3 Å². The monoisotopic (exact) mass is 509 g/mol. The zero-order valence-electron chi connectivity index (χ0n) is 22.3. The first-order valence-corrected chi connectivity index (χ1v) is 15.8. The smallest absolute Gasteiger partial charge is 0.338 e. The molecule has 2 rings (SSSR count). The van der Waals surface area contributed by atoms with Crippen molar-refractivity contribution in [3.05, 3.63) is 35.4 Å². The van der Waals surface area contributed by atoms with Crippen molar-refractivity contribution in [3.63, 3.8) is 0 Å². The van der Waals surface area contributed by atoms with Crippen molar-refractivity contribution >= 4 is 13.5 Å². The van der Waals surface area contributed by atoms with Crippen molar-refractivity contribution in [2.24, 2.45) is 0 Å². The van der Waals surface area contributed by atoms with Crippen LogP contribution in [0.1, 0.15) is 106 Å². The predicted octanol–water partition coefficient (Wildman–Crippen LogP) is 6.67. The second-order valence-electron chi connectivity index (χ2n) is 10.6. The fraction of sp³-hybridized carbons (Fsp3) is 0.750. The predicted molar refractivity (Wildman–Crippen MR) is 145 cm³/mol. The number of rotatable bonds is 18. The Morgan fingerprint density at radius 2 is 1.46 bits per heavy atom. The fourth-order valence-electron chi connectivity index (χ4n) is 4.88. The van der Waals surface area contributed by atoms with Gasteiger partial charge < -0.3 is 14.1 Å².